The molecule has 0 bridgehead atoms. The molecular weight excluding hydrogens is 390 g/mol. The zero-order chi connectivity index (χ0) is 22.4. The molecule has 1 aliphatic rings. The van der Waals surface area contributed by atoms with Crippen molar-refractivity contribution in [1.29, 1.82) is 0 Å². The number of likely N-dealkylation sites (tertiary alicyclic amines) is 1. The van der Waals surface area contributed by atoms with Crippen LogP contribution in [-0.2, 0) is 9.53 Å². The average Bonchev–Trinajstić information content (AvgIpc) is 2.71. The molecule has 166 valence electrons. The van der Waals surface area contributed by atoms with Crippen molar-refractivity contribution in [1.82, 2.24) is 4.90 Å². The maximum absolute atomic E-state index is 11.9. The van der Waals surface area contributed by atoms with Crippen LogP contribution in [0.5, 0.6) is 0 Å². The summed E-state index contributed by atoms with van der Waals surface area (Å²) >= 11 is 0. The maximum atomic E-state index is 11.9. The highest BCUT2D eigenvalue weighted by molar-refractivity contribution is 5.71. The maximum Gasteiger partial charge on any atom is 0.407 e. The Morgan fingerprint density at radius 3 is 2.43 bits per heavy atom. The number of carbonyl (C=O) groups excluding carboxylic acids is 1. The van der Waals surface area contributed by atoms with Crippen LogP contribution < -0.4 is 4.90 Å². The summed E-state index contributed by atoms with van der Waals surface area (Å²) in [6, 6.07) is 5.16. The van der Waals surface area contributed by atoms with Crippen molar-refractivity contribution >= 4 is 23.4 Å². The predicted molar refractivity (Wildman–Crippen MR) is 113 cm³/mol. The van der Waals surface area contributed by atoms with Gasteiger partial charge in [-0.05, 0) is 36.3 Å². The lowest BCUT2D eigenvalue weighted by molar-refractivity contribution is -0.384. The van der Waals surface area contributed by atoms with Crippen molar-refractivity contribution in [2.24, 2.45) is 5.92 Å². The van der Waals surface area contributed by atoms with E-state index in [1.807, 2.05) is 13.0 Å². The summed E-state index contributed by atoms with van der Waals surface area (Å²) < 4.78 is 4.70. The SMILES string of the molecule is COC(=O)CC(C)c1ccc(N(CC(C)C)C2CCN(C(=O)O)CC2)c([N+](=O)[O-])c1. The minimum absolute atomic E-state index is 0.00512. The molecule has 9 heteroatoms. The third-order valence-corrected chi connectivity index (χ3v) is 5.51. The van der Waals surface area contributed by atoms with E-state index in [0.717, 1.165) is 0 Å². The molecular formula is C21H31N3O6. The normalized spacial score (nSPS) is 15.7. The summed E-state index contributed by atoms with van der Waals surface area (Å²) in [7, 11) is 1.32. The molecule has 1 saturated heterocycles. The summed E-state index contributed by atoms with van der Waals surface area (Å²) in [5, 5.41) is 21.1. The van der Waals surface area contributed by atoms with Gasteiger partial charge >= 0.3 is 12.1 Å². The number of esters is 1. The van der Waals surface area contributed by atoms with Gasteiger partial charge in [0.25, 0.3) is 5.69 Å². The fourth-order valence-corrected chi connectivity index (χ4v) is 3.89. The summed E-state index contributed by atoms with van der Waals surface area (Å²) in [5.74, 6) is -0.288. The van der Waals surface area contributed by atoms with Gasteiger partial charge in [-0.25, -0.2) is 4.79 Å². The number of hydrogen-bond donors (Lipinski definition) is 1. The van der Waals surface area contributed by atoms with Gasteiger partial charge in [0.1, 0.15) is 5.69 Å². The van der Waals surface area contributed by atoms with Crippen LogP contribution in [0.25, 0.3) is 0 Å². The highest BCUT2D eigenvalue weighted by atomic mass is 16.6. The van der Waals surface area contributed by atoms with E-state index in [1.54, 1.807) is 12.1 Å². The van der Waals surface area contributed by atoms with E-state index in [1.165, 1.54) is 12.0 Å². The Bertz CT molecular complexity index is 774. The number of methoxy groups -OCH3 is 1. The Morgan fingerprint density at radius 2 is 1.93 bits per heavy atom. The Labute approximate surface area is 176 Å². The molecule has 0 spiro atoms. The van der Waals surface area contributed by atoms with Crippen LogP contribution in [0.3, 0.4) is 0 Å². The number of hydrogen-bond acceptors (Lipinski definition) is 6. The first-order valence-corrected chi connectivity index (χ1v) is 10.2. The molecule has 1 amide bonds. The minimum atomic E-state index is -0.932. The van der Waals surface area contributed by atoms with E-state index in [2.05, 4.69) is 18.7 Å². The Hall–Kier alpha value is -2.84. The van der Waals surface area contributed by atoms with E-state index in [0.29, 0.717) is 43.7 Å². The first kappa shape index (κ1) is 23.4. The number of benzene rings is 1. The number of nitrogens with zero attached hydrogens (tertiary/aromatic N) is 3. The van der Waals surface area contributed by atoms with Gasteiger partial charge < -0.3 is 19.6 Å². The molecule has 1 unspecified atom stereocenters. The molecule has 30 heavy (non-hydrogen) atoms. The first-order chi connectivity index (χ1) is 14.1. The second-order valence-electron chi connectivity index (χ2n) is 8.23. The quantitative estimate of drug-likeness (QED) is 0.385. The summed E-state index contributed by atoms with van der Waals surface area (Å²) in [5.41, 5.74) is 1.25. The molecule has 9 nitrogen and oxygen atoms in total. The molecule has 0 aromatic heterocycles. The van der Waals surface area contributed by atoms with Crippen molar-refractivity contribution in [3.05, 3.63) is 33.9 Å². The van der Waals surface area contributed by atoms with E-state index in [4.69, 9.17) is 4.74 Å². The van der Waals surface area contributed by atoms with Gasteiger partial charge in [0.15, 0.2) is 0 Å². The van der Waals surface area contributed by atoms with Gasteiger partial charge in [-0.2, -0.15) is 0 Å². The Morgan fingerprint density at radius 1 is 1.30 bits per heavy atom. The Balaban J connectivity index is 2.34. The second kappa shape index (κ2) is 10.3. The molecule has 1 aromatic rings. The van der Waals surface area contributed by atoms with Crippen LogP contribution >= 0.6 is 0 Å². The summed E-state index contributed by atoms with van der Waals surface area (Å²) in [6.07, 6.45) is 0.461. The highest BCUT2D eigenvalue weighted by Crippen LogP contribution is 2.36. The van der Waals surface area contributed by atoms with Crippen LogP contribution in [0.15, 0.2) is 18.2 Å². The van der Waals surface area contributed by atoms with Crippen LogP contribution in [0.2, 0.25) is 0 Å². The third-order valence-electron chi connectivity index (χ3n) is 5.51. The van der Waals surface area contributed by atoms with Gasteiger partial charge in [0.05, 0.1) is 18.5 Å². The lowest BCUT2D eigenvalue weighted by Gasteiger charge is -2.39. The number of rotatable bonds is 8. The number of amides is 1. The topological polar surface area (TPSA) is 113 Å². The lowest BCUT2D eigenvalue weighted by atomic mass is 9.95. The Kier molecular flexibility index (Phi) is 8.02. The highest BCUT2D eigenvalue weighted by Gasteiger charge is 2.31. The molecule has 1 aromatic carbocycles. The number of nitro benzene ring substituents is 1. The van der Waals surface area contributed by atoms with Gasteiger partial charge in [0, 0.05) is 31.7 Å². The third kappa shape index (κ3) is 5.84. The van der Waals surface area contributed by atoms with Crippen LogP contribution in [0.4, 0.5) is 16.2 Å². The summed E-state index contributed by atoms with van der Waals surface area (Å²) in [6.45, 7) is 7.40. The second-order valence-corrected chi connectivity index (χ2v) is 8.23. The van der Waals surface area contributed by atoms with E-state index < -0.39 is 6.09 Å². The number of ether oxygens (including phenoxy) is 1. The van der Waals surface area contributed by atoms with Crippen LogP contribution in [0, 0.1) is 16.0 Å². The number of anilines is 1. The van der Waals surface area contributed by atoms with Crippen molar-refractivity contribution in [3.8, 4) is 0 Å². The van der Waals surface area contributed by atoms with Gasteiger partial charge in [-0.3, -0.25) is 14.9 Å². The van der Waals surface area contributed by atoms with E-state index in [9.17, 15) is 24.8 Å². The molecule has 0 radical (unpaired) electrons. The number of carbonyl (C=O) groups is 2. The number of nitro groups is 1. The smallest absolute Gasteiger partial charge is 0.407 e. The standard InChI is InChI=1S/C21H31N3O6/c1-14(2)13-23(17-7-9-22(10-8-17)21(26)27)18-6-5-16(12-19(18)24(28)29)15(3)11-20(25)30-4/h5-6,12,14-15,17H,7-11,13H2,1-4H3,(H,26,27). The van der Waals surface area contributed by atoms with Crippen molar-refractivity contribution in [2.45, 2.75) is 52.0 Å². The van der Waals surface area contributed by atoms with E-state index in [-0.39, 0.29) is 40.9 Å². The molecule has 0 aliphatic carbocycles. The zero-order valence-corrected chi connectivity index (χ0v) is 18.0. The molecule has 2 rings (SSSR count). The molecule has 0 saturated carbocycles. The molecule has 1 heterocycles. The van der Waals surface area contributed by atoms with E-state index >= 15 is 0 Å². The molecule has 1 N–H and O–H groups in total. The van der Waals surface area contributed by atoms with Gasteiger partial charge in [-0.15, -0.1) is 0 Å². The fraction of sp³-hybridized carbons (Fsp3) is 0.619. The molecule has 1 aliphatic heterocycles. The largest absolute Gasteiger partial charge is 0.469 e. The van der Waals surface area contributed by atoms with Gasteiger partial charge in [0.2, 0.25) is 0 Å². The van der Waals surface area contributed by atoms with Crippen LogP contribution in [-0.4, -0.2) is 59.8 Å². The van der Waals surface area contributed by atoms with Crippen molar-refractivity contribution in [2.75, 3.05) is 31.6 Å². The minimum Gasteiger partial charge on any atom is -0.469 e. The average molecular weight is 421 g/mol. The van der Waals surface area contributed by atoms with Crippen LogP contribution in [0.1, 0.15) is 51.5 Å². The number of piperidine rings is 1. The molecule has 1 fully saturated rings. The van der Waals surface area contributed by atoms with Gasteiger partial charge in [-0.1, -0.05) is 26.8 Å². The zero-order valence-electron chi connectivity index (χ0n) is 18.0. The first-order valence-electron chi connectivity index (χ1n) is 10.2. The van der Waals surface area contributed by atoms with Crippen molar-refractivity contribution in [3.63, 3.8) is 0 Å². The predicted octanol–water partition coefficient (Wildman–Crippen LogP) is 3.87. The summed E-state index contributed by atoms with van der Waals surface area (Å²) in [4.78, 5) is 37.7. The monoisotopic (exact) mass is 421 g/mol. The number of carboxylic acid groups (broad SMARTS) is 1. The molecule has 1 atom stereocenters. The fourth-order valence-electron chi connectivity index (χ4n) is 3.89. The van der Waals surface area contributed by atoms with Crippen molar-refractivity contribution < 1.29 is 24.4 Å². The lowest BCUT2D eigenvalue weighted by Crippen LogP contribution is -2.47.